The van der Waals surface area contributed by atoms with Crippen molar-refractivity contribution in [2.24, 2.45) is 5.92 Å². The molecule has 1 N–H and O–H groups in total. The third-order valence-electron chi connectivity index (χ3n) is 5.97. The Labute approximate surface area is 167 Å². The van der Waals surface area contributed by atoms with Crippen LogP contribution in [0.5, 0.6) is 0 Å². The zero-order valence-corrected chi connectivity index (χ0v) is 16.6. The molecule has 1 aromatic carbocycles. The molecule has 1 aromatic heterocycles. The number of nitrogens with zero attached hydrogens (tertiary/aromatic N) is 4. The minimum absolute atomic E-state index is 0.0665. The molecule has 0 bridgehead atoms. The molecule has 0 saturated carbocycles. The number of benzene rings is 1. The number of carbonyl (C=O) groups is 1. The summed E-state index contributed by atoms with van der Waals surface area (Å²) in [6.45, 7) is 6.58. The van der Waals surface area contributed by atoms with Gasteiger partial charge in [0.1, 0.15) is 0 Å². The number of nitrogens with one attached hydrogen (secondary N) is 1. The number of amides is 1. The van der Waals surface area contributed by atoms with Crippen molar-refractivity contribution in [3.05, 3.63) is 53.9 Å². The monoisotopic (exact) mass is 379 g/mol. The third kappa shape index (κ3) is 4.50. The minimum Gasteiger partial charge on any atom is -0.354 e. The van der Waals surface area contributed by atoms with Crippen molar-refractivity contribution in [2.45, 2.75) is 38.8 Å². The van der Waals surface area contributed by atoms with Gasteiger partial charge in [-0.15, -0.1) is 0 Å². The fourth-order valence-electron chi connectivity index (χ4n) is 4.23. The molecule has 0 aliphatic carbocycles. The Hall–Kier alpha value is -2.47. The van der Waals surface area contributed by atoms with E-state index in [9.17, 15) is 4.79 Å². The number of carbonyl (C=O) groups excluding carboxylic acids is 1. The summed E-state index contributed by atoms with van der Waals surface area (Å²) >= 11 is 0. The second-order valence-electron chi connectivity index (χ2n) is 7.98. The molecule has 2 aliphatic heterocycles. The van der Waals surface area contributed by atoms with Crippen LogP contribution in [0.25, 0.3) is 0 Å². The molecular formula is C22H29N5O. The van der Waals surface area contributed by atoms with Crippen molar-refractivity contribution in [3.63, 3.8) is 0 Å². The largest absolute Gasteiger partial charge is 0.354 e. The van der Waals surface area contributed by atoms with Crippen molar-refractivity contribution in [1.82, 2.24) is 19.8 Å². The summed E-state index contributed by atoms with van der Waals surface area (Å²) < 4.78 is 0. The molecule has 2 fully saturated rings. The molecule has 6 heteroatoms. The maximum Gasteiger partial charge on any atom is 0.240 e. The van der Waals surface area contributed by atoms with E-state index in [2.05, 4.69) is 51.4 Å². The molecule has 1 unspecified atom stereocenters. The van der Waals surface area contributed by atoms with Gasteiger partial charge in [-0.05, 0) is 56.8 Å². The van der Waals surface area contributed by atoms with Gasteiger partial charge in [-0.3, -0.25) is 9.69 Å². The number of rotatable bonds is 6. The van der Waals surface area contributed by atoms with E-state index >= 15 is 0 Å². The van der Waals surface area contributed by atoms with E-state index in [1.807, 2.05) is 11.0 Å². The molecule has 2 aliphatic rings. The van der Waals surface area contributed by atoms with E-state index in [4.69, 9.17) is 0 Å². The molecule has 1 atom stereocenters. The predicted octanol–water partition coefficient (Wildman–Crippen LogP) is 2.71. The maximum absolute atomic E-state index is 12.9. The minimum atomic E-state index is 0.0665. The lowest BCUT2D eigenvalue weighted by atomic mass is 9.95. The van der Waals surface area contributed by atoms with Gasteiger partial charge in [-0.2, -0.15) is 0 Å². The molecular weight excluding hydrogens is 350 g/mol. The van der Waals surface area contributed by atoms with Crippen LogP contribution in [0.15, 0.2) is 42.7 Å². The fourth-order valence-corrected chi connectivity index (χ4v) is 4.23. The average molecular weight is 380 g/mol. The first kappa shape index (κ1) is 18.9. The number of likely N-dealkylation sites (tertiary alicyclic amines) is 2. The van der Waals surface area contributed by atoms with Gasteiger partial charge >= 0.3 is 0 Å². The van der Waals surface area contributed by atoms with Crippen molar-refractivity contribution >= 4 is 11.9 Å². The first-order chi connectivity index (χ1) is 13.7. The van der Waals surface area contributed by atoms with Crippen LogP contribution in [0.4, 0.5) is 5.95 Å². The Morgan fingerprint density at radius 1 is 1.04 bits per heavy atom. The van der Waals surface area contributed by atoms with E-state index in [1.165, 1.54) is 11.1 Å². The lowest BCUT2D eigenvalue weighted by Crippen LogP contribution is -2.46. The number of hydrogen-bond donors (Lipinski definition) is 1. The summed E-state index contributed by atoms with van der Waals surface area (Å²) in [4.78, 5) is 25.8. The van der Waals surface area contributed by atoms with Crippen LogP contribution in [-0.4, -0.2) is 57.9 Å². The highest BCUT2D eigenvalue weighted by molar-refractivity contribution is 5.84. The molecule has 0 radical (unpaired) electrons. The summed E-state index contributed by atoms with van der Waals surface area (Å²) in [6.07, 6.45) is 6.69. The standard InChI is InChI=1S/C22H29N5O/c1-17-3-5-19(6-4-17)16-27-14-9-20(21(27)28)26-12-7-18(8-13-26)15-25-22-23-10-2-11-24-22/h2-6,10-11,18,20H,7-9,12-16H2,1H3,(H,23,24,25). The molecule has 0 spiro atoms. The SMILES string of the molecule is Cc1ccc(CN2CCC(N3CCC(CNc4ncccn4)CC3)C2=O)cc1. The highest BCUT2D eigenvalue weighted by Gasteiger charge is 2.37. The molecule has 3 heterocycles. The summed E-state index contributed by atoms with van der Waals surface area (Å²) in [5, 5.41) is 3.33. The van der Waals surface area contributed by atoms with Crippen LogP contribution in [0.1, 0.15) is 30.4 Å². The molecule has 4 rings (SSSR count). The van der Waals surface area contributed by atoms with Crippen LogP contribution >= 0.6 is 0 Å². The maximum atomic E-state index is 12.9. The lowest BCUT2D eigenvalue weighted by Gasteiger charge is -2.35. The molecule has 148 valence electrons. The zero-order valence-electron chi connectivity index (χ0n) is 16.6. The van der Waals surface area contributed by atoms with Crippen molar-refractivity contribution in [2.75, 3.05) is 31.5 Å². The Kier molecular flexibility index (Phi) is 5.86. The van der Waals surface area contributed by atoms with Crippen LogP contribution in [-0.2, 0) is 11.3 Å². The summed E-state index contributed by atoms with van der Waals surface area (Å²) in [5.41, 5.74) is 2.47. The number of hydrogen-bond acceptors (Lipinski definition) is 5. The Balaban J connectivity index is 1.24. The van der Waals surface area contributed by atoms with Crippen molar-refractivity contribution in [1.29, 1.82) is 0 Å². The van der Waals surface area contributed by atoms with Gasteiger partial charge < -0.3 is 10.2 Å². The van der Waals surface area contributed by atoms with Gasteiger partial charge in [0.05, 0.1) is 6.04 Å². The molecule has 2 saturated heterocycles. The fraction of sp³-hybridized carbons (Fsp3) is 0.500. The Morgan fingerprint density at radius 3 is 2.46 bits per heavy atom. The highest BCUT2D eigenvalue weighted by Crippen LogP contribution is 2.25. The highest BCUT2D eigenvalue weighted by atomic mass is 16.2. The lowest BCUT2D eigenvalue weighted by molar-refractivity contribution is -0.133. The smallest absolute Gasteiger partial charge is 0.240 e. The van der Waals surface area contributed by atoms with Gasteiger partial charge in [0.15, 0.2) is 0 Å². The number of aryl methyl sites for hydroxylation is 1. The molecule has 1 amide bonds. The van der Waals surface area contributed by atoms with Gasteiger partial charge in [0.25, 0.3) is 0 Å². The summed E-state index contributed by atoms with van der Waals surface area (Å²) in [6, 6.07) is 10.4. The first-order valence-corrected chi connectivity index (χ1v) is 10.3. The van der Waals surface area contributed by atoms with E-state index in [-0.39, 0.29) is 6.04 Å². The second kappa shape index (κ2) is 8.69. The van der Waals surface area contributed by atoms with Crippen LogP contribution in [0.2, 0.25) is 0 Å². The first-order valence-electron chi connectivity index (χ1n) is 10.3. The van der Waals surface area contributed by atoms with Crippen LogP contribution < -0.4 is 5.32 Å². The van der Waals surface area contributed by atoms with E-state index in [1.54, 1.807) is 12.4 Å². The molecule has 28 heavy (non-hydrogen) atoms. The molecule has 6 nitrogen and oxygen atoms in total. The predicted molar refractivity (Wildman–Crippen MR) is 110 cm³/mol. The van der Waals surface area contributed by atoms with E-state index < -0.39 is 0 Å². The molecule has 2 aromatic rings. The average Bonchev–Trinajstić information content (AvgIpc) is 3.09. The number of aromatic nitrogens is 2. The Morgan fingerprint density at radius 2 is 1.75 bits per heavy atom. The van der Waals surface area contributed by atoms with Crippen molar-refractivity contribution < 1.29 is 4.79 Å². The topological polar surface area (TPSA) is 61.4 Å². The number of piperidine rings is 1. The van der Waals surface area contributed by atoms with Gasteiger partial charge in [-0.25, -0.2) is 9.97 Å². The van der Waals surface area contributed by atoms with Gasteiger partial charge in [-0.1, -0.05) is 29.8 Å². The Bertz CT molecular complexity index is 771. The third-order valence-corrected chi connectivity index (χ3v) is 5.97. The summed E-state index contributed by atoms with van der Waals surface area (Å²) in [7, 11) is 0. The number of anilines is 1. The van der Waals surface area contributed by atoms with E-state index in [0.717, 1.165) is 52.0 Å². The normalized spacial score (nSPS) is 21.2. The van der Waals surface area contributed by atoms with E-state index in [0.29, 0.717) is 17.8 Å². The van der Waals surface area contributed by atoms with Crippen LogP contribution in [0.3, 0.4) is 0 Å². The second-order valence-corrected chi connectivity index (χ2v) is 7.98. The van der Waals surface area contributed by atoms with Crippen molar-refractivity contribution in [3.8, 4) is 0 Å². The zero-order chi connectivity index (χ0) is 19.3. The van der Waals surface area contributed by atoms with Gasteiger partial charge in [0.2, 0.25) is 11.9 Å². The quantitative estimate of drug-likeness (QED) is 0.836. The van der Waals surface area contributed by atoms with Gasteiger partial charge in [0, 0.05) is 32.0 Å². The summed E-state index contributed by atoms with van der Waals surface area (Å²) in [5.74, 6) is 1.61. The van der Waals surface area contributed by atoms with Crippen LogP contribution in [0, 0.1) is 12.8 Å².